The number of hydrogen-bond acceptors (Lipinski definition) is 5. The first-order valence-electron chi connectivity index (χ1n) is 4.31. The molecule has 5 heteroatoms. The van der Waals surface area contributed by atoms with Crippen molar-refractivity contribution in [3.05, 3.63) is 0 Å². The molecule has 5 nitrogen and oxygen atoms in total. The van der Waals surface area contributed by atoms with Gasteiger partial charge in [-0.05, 0) is 7.05 Å². The number of aliphatic hydroxyl groups is 3. The summed E-state index contributed by atoms with van der Waals surface area (Å²) in [5.74, 6) is 0. The Hall–Kier alpha value is -0.200. The van der Waals surface area contributed by atoms with Crippen molar-refractivity contribution in [2.75, 3.05) is 27.2 Å². The fourth-order valence-electron chi connectivity index (χ4n) is 1.58. The average molecular weight is 191 g/mol. The van der Waals surface area contributed by atoms with Gasteiger partial charge in [-0.25, -0.2) is 0 Å². The van der Waals surface area contributed by atoms with E-state index in [0.717, 1.165) is 0 Å². The molecule has 0 aromatic heterocycles. The van der Waals surface area contributed by atoms with Crippen molar-refractivity contribution in [3.63, 3.8) is 0 Å². The molecule has 0 aromatic carbocycles. The topological polar surface area (TPSA) is 73.2 Å². The molecule has 0 radical (unpaired) electrons. The second-order valence-corrected chi connectivity index (χ2v) is 3.54. The van der Waals surface area contributed by atoms with E-state index in [9.17, 15) is 15.3 Å². The highest BCUT2D eigenvalue weighted by Gasteiger charge is 2.35. The average Bonchev–Trinajstić information content (AvgIpc) is 2.18. The van der Waals surface area contributed by atoms with Crippen molar-refractivity contribution >= 4 is 0 Å². The highest BCUT2D eigenvalue weighted by Crippen LogP contribution is 2.13. The molecular formula is C8H17NO4. The van der Waals surface area contributed by atoms with E-state index in [1.165, 1.54) is 7.11 Å². The largest absolute Gasteiger partial charge is 0.389 e. The monoisotopic (exact) mass is 191 g/mol. The second kappa shape index (κ2) is 4.34. The molecule has 1 heterocycles. The van der Waals surface area contributed by atoms with Crippen LogP contribution in [0.15, 0.2) is 0 Å². The first kappa shape index (κ1) is 10.9. The van der Waals surface area contributed by atoms with Crippen LogP contribution in [0.25, 0.3) is 0 Å². The van der Waals surface area contributed by atoms with E-state index in [2.05, 4.69) is 0 Å². The Morgan fingerprint density at radius 2 is 1.77 bits per heavy atom. The molecule has 1 rings (SSSR count). The molecular weight excluding hydrogens is 174 g/mol. The van der Waals surface area contributed by atoms with Gasteiger partial charge in [0.05, 0.1) is 12.2 Å². The van der Waals surface area contributed by atoms with E-state index in [0.29, 0.717) is 13.1 Å². The predicted molar refractivity (Wildman–Crippen MR) is 46.3 cm³/mol. The van der Waals surface area contributed by atoms with Gasteiger partial charge in [0.2, 0.25) is 0 Å². The van der Waals surface area contributed by atoms with E-state index in [4.69, 9.17) is 4.74 Å². The molecule has 4 atom stereocenters. The molecule has 0 aromatic rings. The third-order valence-electron chi connectivity index (χ3n) is 2.42. The van der Waals surface area contributed by atoms with Crippen molar-refractivity contribution in [1.82, 2.24) is 4.90 Å². The maximum Gasteiger partial charge on any atom is 0.110 e. The summed E-state index contributed by atoms with van der Waals surface area (Å²) in [6.07, 6.45) is -3.52. The van der Waals surface area contributed by atoms with Gasteiger partial charge >= 0.3 is 0 Å². The van der Waals surface area contributed by atoms with Gasteiger partial charge in [0.25, 0.3) is 0 Å². The molecule has 3 N–H and O–H groups in total. The second-order valence-electron chi connectivity index (χ2n) is 3.54. The summed E-state index contributed by atoms with van der Waals surface area (Å²) in [4.78, 5) is 1.82. The number of rotatable bonds is 1. The summed E-state index contributed by atoms with van der Waals surface area (Å²) < 4.78 is 5.01. The van der Waals surface area contributed by atoms with Gasteiger partial charge in [-0.1, -0.05) is 0 Å². The number of nitrogens with zero attached hydrogens (tertiary/aromatic N) is 1. The zero-order valence-corrected chi connectivity index (χ0v) is 7.92. The van der Waals surface area contributed by atoms with Crippen molar-refractivity contribution in [1.29, 1.82) is 0 Å². The lowest BCUT2D eigenvalue weighted by Gasteiger charge is -2.23. The van der Waals surface area contributed by atoms with Gasteiger partial charge in [-0.15, -0.1) is 0 Å². The molecule has 0 spiro atoms. The van der Waals surface area contributed by atoms with Gasteiger partial charge in [0.15, 0.2) is 0 Å². The molecule has 1 aliphatic heterocycles. The SMILES string of the molecule is COC1CN(C)CC(O)C(O)C1O. The highest BCUT2D eigenvalue weighted by atomic mass is 16.5. The summed E-state index contributed by atoms with van der Waals surface area (Å²) >= 11 is 0. The van der Waals surface area contributed by atoms with Crippen LogP contribution in [0.5, 0.6) is 0 Å². The van der Waals surface area contributed by atoms with Gasteiger partial charge in [-0.2, -0.15) is 0 Å². The van der Waals surface area contributed by atoms with Crippen LogP contribution in [0.1, 0.15) is 0 Å². The molecule has 1 saturated heterocycles. The Balaban J connectivity index is 2.69. The smallest absolute Gasteiger partial charge is 0.110 e. The van der Waals surface area contributed by atoms with Crippen LogP contribution in [-0.2, 0) is 4.74 Å². The van der Waals surface area contributed by atoms with E-state index < -0.39 is 24.4 Å². The van der Waals surface area contributed by atoms with Gasteiger partial charge in [-0.3, -0.25) is 0 Å². The first-order valence-corrected chi connectivity index (χ1v) is 4.31. The van der Waals surface area contributed by atoms with Gasteiger partial charge in [0, 0.05) is 20.2 Å². The quantitative estimate of drug-likeness (QED) is 0.448. The zero-order valence-electron chi connectivity index (χ0n) is 7.92. The van der Waals surface area contributed by atoms with E-state index in [1.54, 1.807) is 7.05 Å². The summed E-state index contributed by atoms with van der Waals surface area (Å²) in [5.41, 5.74) is 0. The Morgan fingerprint density at radius 3 is 2.31 bits per heavy atom. The van der Waals surface area contributed by atoms with Crippen LogP contribution in [0.3, 0.4) is 0 Å². The minimum atomic E-state index is -1.13. The van der Waals surface area contributed by atoms with Crippen LogP contribution in [0.2, 0.25) is 0 Å². The summed E-state index contributed by atoms with van der Waals surface area (Å²) in [6.45, 7) is 0.851. The van der Waals surface area contributed by atoms with E-state index in [-0.39, 0.29) is 0 Å². The van der Waals surface area contributed by atoms with Crippen molar-refractivity contribution < 1.29 is 20.1 Å². The summed E-state index contributed by atoms with van der Waals surface area (Å²) in [6, 6.07) is 0. The number of hydrogen-bond donors (Lipinski definition) is 3. The molecule has 78 valence electrons. The van der Waals surface area contributed by atoms with Crippen LogP contribution in [0.4, 0.5) is 0 Å². The maximum atomic E-state index is 9.54. The third kappa shape index (κ3) is 2.38. The highest BCUT2D eigenvalue weighted by molar-refractivity contribution is 4.88. The Bertz CT molecular complexity index is 166. The number of ether oxygens (including phenoxy) is 1. The Morgan fingerprint density at radius 1 is 1.15 bits per heavy atom. The number of aliphatic hydroxyl groups excluding tert-OH is 3. The van der Waals surface area contributed by atoms with Gasteiger partial charge in [0.1, 0.15) is 12.2 Å². The molecule has 0 amide bonds. The van der Waals surface area contributed by atoms with Crippen LogP contribution < -0.4 is 0 Å². The molecule has 0 bridgehead atoms. The minimum Gasteiger partial charge on any atom is -0.389 e. The minimum absolute atomic E-state index is 0.345. The Kier molecular flexibility index (Phi) is 3.63. The molecule has 1 aliphatic rings. The first-order chi connectivity index (χ1) is 6.06. The van der Waals surface area contributed by atoms with E-state index in [1.807, 2.05) is 4.90 Å². The van der Waals surface area contributed by atoms with Crippen LogP contribution in [-0.4, -0.2) is 71.9 Å². The number of β-amino-alcohol motifs (C(OH)–C–C–N with tert-alkyl or cyclic N) is 1. The van der Waals surface area contributed by atoms with Crippen molar-refractivity contribution in [2.45, 2.75) is 24.4 Å². The van der Waals surface area contributed by atoms with E-state index >= 15 is 0 Å². The van der Waals surface area contributed by atoms with Crippen LogP contribution in [0, 0.1) is 0 Å². The predicted octanol–water partition coefficient (Wildman–Crippen LogP) is -1.97. The Labute approximate surface area is 77.5 Å². The maximum absolute atomic E-state index is 9.54. The molecule has 4 unspecified atom stereocenters. The van der Waals surface area contributed by atoms with Crippen molar-refractivity contribution in [3.8, 4) is 0 Å². The number of likely N-dealkylation sites (tertiary alicyclic amines) is 1. The lowest BCUT2D eigenvalue weighted by Crippen LogP contribution is -2.44. The molecule has 0 saturated carbocycles. The number of methoxy groups -OCH3 is 1. The fourth-order valence-corrected chi connectivity index (χ4v) is 1.58. The summed E-state index contributed by atoms with van der Waals surface area (Å²) in [7, 11) is 3.28. The normalized spacial score (nSPS) is 43.2. The summed E-state index contributed by atoms with van der Waals surface area (Å²) in [5, 5.41) is 28.4. The lowest BCUT2D eigenvalue weighted by molar-refractivity contribution is -0.0993. The molecule has 0 aliphatic carbocycles. The lowest BCUT2D eigenvalue weighted by atomic mass is 10.1. The van der Waals surface area contributed by atoms with Crippen LogP contribution >= 0.6 is 0 Å². The molecule has 1 fully saturated rings. The fraction of sp³-hybridized carbons (Fsp3) is 1.00. The van der Waals surface area contributed by atoms with Crippen molar-refractivity contribution in [2.24, 2.45) is 0 Å². The standard InChI is InChI=1S/C8H17NO4/c1-9-3-5(10)7(11)8(12)6(4-9)13-2/h5-8,10-12H,3-4H2,1-2H3. The molecule has 13 heavy (non-hydrogen) atoms. The third-order valence-corrected chi connectivity index (χ3v) is 2.42. The zero-order chi connectivity index (χ0) is 10.0. The number of likely N-dealkylation sites (N-methyl/N-ethyl adjacent to an activating group) is 1. The van der Waals surface area contributed by atoms with Gasteiger partial charge < -0.3 is 25.0 Å².